The summed E-state index contributed by atoms with van der Waals surface area (Å²) in [7, 11) is 0. The zero-order valence-electron chi connectivity index (χ0n) is 37.8. The normalized spacial score (nSPS) is 13.1. The number of hydrogen-bond donors (Lipinski definition) is 0. The first-order valence-corrected chi connectivity index (χ1v) is 23.8. The van der Waals surface area contributed by atoms with Crippen LogP contribution < -0.4 is 0 Å². The van der Waals surface area contributed by atoms with Gasteiger partial charge in [0.2, 0.25) is 0 Å². The molecule has 0 saturated carbocycles. The van der Waals surface area contributed by atoms with E-state index in [9.17, 15) is 9.59 Å². The summed E-state index contributed by atoms with van der Waals surface area (Å²) >= 11 is 0. The van der Waals surface area contributed by atoms with Crippen molar-refractivity contribution in [1.29, 1.82) is 0 Å². The Bertz CT molecular complexity index is 1140. The predicted molar refractivity (Wildman–Crippen MR) is 251 cm³/mol. The number of carbonyl (C=O) groups is 2. The van der Waals surface area contributed by atoms with Gasteiger partial charge >= 0.3 is 11.9 Å². The summed E-state index contributed by atoms with van der Waals surface area (Å²) in [5.41, 5.74) is 0. The second-order valence-electron chi connectivity index (χ2n) is 15.3. The maximum absolute atomic E-state index is 12.7. The SMILES string of the molecule is CC/C=C\C/C=C\C/C=C\C/C=C\CCCCCCCCC(=O)OCC(COCCC/C=C\C/C=C\C/C=C\C/C=C\CC)OC(=O)CCCCCCCCCCC. The Morgan fingerprint density at radius 2 is 0.776 bits per heavy atom. The van der Waals surface area contributed by atoms with Crippen molar-refractivity contribution in [2.45, 2.75) is 207 Å². The third-order valence-corrected chi connectivity index (χ3v) is 9.62. The third kappa shape index (κ3) is 45.5. The van der Waals surface area contributed by atoms with Crippen molar-refractivity contribution in [1.82, 2.24) is 0 Å². The molecule has 0 spiro atoms. The smallest absolute Gasteiger partial charge is 0.306 e. The van der Waals surface area contributed by atoms with Crippen molar-refractivity contribution in [3.8, 4) is 0 Å². The first-order chi connectivity index (χ1) is 28.6. The average molecular weight is 805 g/mol. The van der Waals surface area contributed by atoms with Crippen LogP contribution in [0.4, 0.5) is 0 Å². The van der Waals surface area contributed by atoms with Crippen LogP contribution in [0.15, 0.2) is 97.2 Å². The molecular weight excluding hydrogens is 717 g/mol. The van der Waals surface area contributed by atoms with Crippen LogP contribution in [0.25, 0.3) is 0 Å². The van der Waals surface area contributed by atoms with E-state index in [4.69, 9.17) is 14.2 Å². The van der Waals surface area contributed by atoms with Gasteiger partial charge < -0.3 is 14.2 Å². The zero-order chi connectivity index (χ0) is 42.1. The second kappa shape index (κ2) is 48.2. The van der Waals surface area contributed by atoms with E-state index in [1.807, 2.05) is 0 Å². The quantitative estimate of drug-likeness (QED) is 0.0349. The minimum atomic E-state index is -0.572. The third-order valence-electron chi connectivity index (χ3n) is 9.62. The lowest BCUT2D eigenvalue weighted by Crippen LogP contribution is -2.30. The molecule has 1 unspecified atom stereocenters. The molecule has 0 aromatic rings. The van der Waals surface area contributed by atoms with Gasteiger partial charge in [0.1, 0.15) is 6.61 Å². The fourth-order valence-corrected chi connectivity index (χ4v) is 6.15. The molecule has 0 aliphatic rings. The van der Waals surface area contributed by atoms with Crippen LogP contribution in [0.5, 0.6) is 0 Å². The van der Waals surface area contributed by atoms with Crippen molar-refractivity contribution in [2.75, 3.05) is 19.8 Å². The highest BCUT2D eigenvalue weighted by atomic mass is 16.6. The Kier molecular flexibility index (Phi) is 45.5. The lowest BCUT2D eigenvalue weighted by atomic mass is 10.1. The van der Waals surface area contributed by atoms with E-state index in [1.165, 1.54) is 57.8 Å². The number of esters is 2. The van der Waals surface area contributed by atoms with Gasteiger partial charge in [-0.15, -0.1) is 0 Å². The molecule has 0 aliphatic heterocycles. The van der Waals surface area contributed by atoms with Gasteiger partial charge in [-0.1, -0.05) is 195 Å². The standard InChI is InChI=1S/C53H88O5/c1-4-7-10-13-16-19-21-23-25-26-27-28-29-30-32-35-37-40-43-46-52(54)57-50-51(58-53(55)47-44-41-38-34-18-15-12-9-6-3)49-56-48-45-42-39-36-33-31-24-22-20-17-14-11-8-5-2/h7-8,10-11,16-17,19-20,23-25,27-28,31,36,39,51H,4-6,9,12-15,18,21-22,26,29-30,32-35,37-38,40-50H2,1-3H3/b10-7-,11-8-,19-16-,20-17-,25-23-,28-27-,31-24-,39-36-. The molecule has 0 bridgehead atoms. The topological polar surface area (TPSA) is 61.8 Å². The fourth-order valence-electron chi connectivity index (χ4n) is 6.15. The first-order valence-electron chi connectivity index (χ1n) is 23.8. The average Bonchev–Trinajstić information content (AvgIpc) is 3.22. The molecule has 330 valence electrons. The van der Waals surface area contributed by atoms with Crippen molar-refractivity contribution < 1.29 is 23.8 Å². The van der Waals surface area contributed by atoms with Crippen molar-refractivity contribution in [2.24, 2.45) is 0 Å². The lowest BCUT2D eigenvalue weighted by Gasteiger charge is -2.18. The molecular formula is C53H88O5. The first kappa shape index (κ1) is 54.8. The Morgan fingerprint density at radius 1 is 0.397 bits per heavy atom. The molecule has 0 rings (SSSR count). The highest BCUT2D eigenvalue weighted by molar-refractivity contribution is 5.70. The fraction of sp³-hybridized carbons (Fsp3) is 0.660. The van der Waals surface area contributed by atoms with E-state index in [-0.39, 0.29) is 25.2 Å². The number of rotatable bonds is 42. The van der Waals surface area contributed by atoms with Gasteiger partial charge in [0, 0.05) is 19.4 Å². The number of hydrogen-bond acceptors (Lipinski definition) is 5. The van der Waals surface area contributed by atoms with E-state index >= 15 is 0 Å². The van der Waals surface area contributed by atoms with E-state index in [0.29, 0.717) is 19.4 Å². The van der Waals surface area contributed by atoms with Crippen LogP contribution in [0, 0.1) is 0 Å². The molecule has 0 fully saturated rings. The molecule has 5 heteroatoms. The maximum atomic E-state index is 12.7. The number of unbranched alkanes of at least 4 members (excludes halogenated alkanes) is 15. The highest BCUT2D eigenvalue weighted by Gasteiger charge is 2.17. The van der Waals surface area contributed by atoms with E-state index < -0.39 is 6.10 Å². The van der Waals surface area contributed by atoms with Crippen molar-refractivity contribution in [3.05, 3.63) is 97.2 Å². The molecule has 5 nitrogen and oxygen atoms in total. The second-order valence-corrected chi connectivity index (χ2v) is 15.3. The van der Waals surface area contributed by atoms with Gasteiger partial charge in [-0.25, -0.2) is 0 Å². The molecule has 0 heterocycles. The Morgan fingerprint density at radius 3 is 1.24 bits per heavy atom. The summed E-state index contributed by atoms with van der Waals surface area (Å²) in [6.45, 7) is 7.42. The van der Waals surface area contributed by atoms with Crippen LogP contribution >= 0.6 is 0 Å². The van der Waals surface area contributed by atoms with Gasteiger partial charge in [0.05, 0.1) is 6.61 Å². The molecule has 0 saturated heterocycles. The van der Waals surface area contributed by atoms with Crippen molar-refractivity contribution >= 4 is 11.9 Å². The summed E-state index contributed by atoms with van der Waals surface area (Å²) in [6.07, 6.45) is 64.2. The molecule has 58 heavy (non-hydrogen) atoms. The van der Waals surface area contributed by atoms with Gasteiger partial charge in [0.25, 0.3) is 0 Å². The van der Waals surface area contributed by atoms with Gasteiger partial charge in [-0.3, -0.25) is 9.59 Å². The number of ether oxygens (including phenoxy) is 3. The van der Waals surface area contributed by atoms with Gasteiger partial charge in [-0.2, -0.15) is 0 Å². The van der Waals surface area contributed by atoms with E-state index in [0.717, 1.165) is 109 Å². The van der Waals surface area contributed by atoms with Crippen LogP contribution in [0.3, 0.4) is 0 Å². The molecule has 1 atom stereocenters. The summed E-state index contributed by atoms with van der Waals surface area (Å²) in [6, 6.07) is 0. The molecule has 0 N–H and O–H groups in total. The Hall–Kier alpha value is -3.18. The van der Waals surface area contributed by atoms with E-state index in [2.05, 4.69) is 118 Å². The Labute approximate surface area is 358 Å². The van der Waals surface area contributed by atoms with E-state index in [1.54, 1.807) is 0 Å². The molecule has 0 radical (unpaired) electrons. The van der Waals surface area contributed by atoms with Gasteiger partial charge in [0.15, 0.2) is 6.10 Å². The number of allylic oxidation sites excluding steroid dienone is 16. The highest BCUT2D eigenvalue weighted by Crippen LogP contribution is 2.13. The van der Waals surface area contributed by atoms with Crippen LogP contribution in [-0.4, -0.2) is 37.9 Å². The van der Waals surface area contributed by atoms with Crippen LogP contribution in [-0.2, 0) is 23.8 Å². The summed E-state index contributed by atoms with van der Waals surface area (Å²) in [5.74, 6) is -0.451. The van der Waals surface area contributed by atoms with Crippen LogP contribution in [0.2, 0.25) is 0 Å². The summed E-state index contributed by atoms with van der Waals surface area (Å²) in [5, 5.41) is 0. The predicted octanol–water partition coefficient (Wildman–Crippen LogP) is 15.9. The molecule has 0 aromatic carbocycles. The van der Waals surface area contributed by atoms with Crippen molar-refractivity contribution in [3.63, 3.8) is 0 Å². The number of carbonyl (C=O) groups excluding carboxylic acids is 2. The monoisotopic (exact) mass is 805 g/mol. The summed E-state index contributed by atoms with van der Waals surface area (Å²) in [4.78, 5) is 25.2. The largest absolute Gasteiger partial charge is 0.462 e. The maximum Gasteiger partial charge on any atom is 0.306 e. The summed E-state index contributed by atoms with van der Waals surface area (Å²) < 4.78 is 17.2. The molecule has 0 amide bonds. The van der Waals surface area contributed by atoms with Gasteiger partial charge in [-0.05, 0) is 89.9 Å². The zero-order valence-corrected chi connectivity index (χ0v) is 37.8. The lowest BCUT2D eigenvalue weighted by molar-refractivity contribution is -0.163. The minimum absolute atomic E-state index is 0.0521. The molecule has 0 aromatic heterocycles. The molecule has 0 aliphatic carbocycles. The Balaban J connectivity index is 4.30. The minimum Gasteiger partial charge on any atom is -0.462 e. The van der Waals surface area contributed by atoms with Crippen LogP contribution in [0.1, 0.15) is 201 Å².